The number of hydrogen-bond donors (Lipinski definition) is 2. The minimum Gasteiger partial charge on any atom is -0.373 e. The second-order valence-corrected chi connectivity index (χ2v) is 5.20. The highest BCUT2D eigenvalue weighted by Crippen LogP contribution is 2.17. The Morgan fingerprint density at radius 1 is 1.33 bits per heavy atom. The topological polar surface area (TPSA) is 54.0 Å². The smallest absolute Gasteiger partial charge is 0.253 e. The van der Waals surface area contributed by atoms with Gasteiger partial charge < -0.3 is 10.6 Å². The van der Waals surface area contributed by atoms with Gasteiger partial charge in [0.2, 0.25) is 0 Å². The van der Waals surface area contributed by atoms with Crippen LogP contribution in [0, 0.1) is 6.92 Å². The molecule has 0 saturated carbocycles. The van der Waals surface area contributed by atoms with E-state index >= 15 is 0 Å². The Labute approximate surface area is 129 Å². The zero-order valence-corrected chi connectivity index (χ0v) is 12.9. The zero-order valence-electron chi connectivity index (χ0n) is 12.1. The predicted octanol–water partition coefficient (Wildman–Crippen LogP) is 3.06. The van der Waals surface area contributed by atoms with Gasteiger partial charge in [0.1, 0.15) is 5.82 Å². The molecule has 4 nitrogen and oxygen atoms in total. The Balaban J connectivity index is 1.96. The van der Waals surface area contributed by atoms with Crippen molar-refractivity contribution in [1.82, 2.24) is 10.3 Å². The lowest BCUT2D eigenvalue weighted by atomic mass is 10.1. The van der Waals surface area contributed by atoms with Gasteiger partial charge in [-0.05, 0) is 25.0 Å². The number of halogens is 1. The summed E-state index contributed by atoms with van der Waals surface area (Å²) < 4.78 is 0. The Morgan fingerprint density at radius 3 is 2.86 bits per heavy atom. The maximum atomic E-state index is 12.1. The summed E-state index contributed by atoms with van der Waals surface area (Å²) >= 11 is 6.01. The van der Waals surface area contributed by atoms with Gasteiger partial charge >= 0.3 is 0 Å². The second-order valence-electron chi connectivity index (χ2n) is 4.79. The summed E-state index contributed by atoms with van der Waals surface area (Å²) in [5.41, 5.74) is 2.85. The van der Waals surface area contributed by atoms with Crippen LogP contribution in [0.1, 0.15) is 21.5 Å². The quantitative estimate of drug-likeness (QED) is 0.892. The molecule has 1 aromatic carbocycles. The number of aromatic nitrogens is 1. The highest BCUT2D eigenvalue weighted by atomic mass is 35.5. The minimum atomic E-state index is -0.188. The van der Waals surface area contributed by atoms with Crippen LogP contribution in [0.3, 0.4) is 0 Å². The summed E-state index contributed by atoms with van der Waals surface area (Å²) in [6.07, 6.45) is 2.26. The van der Waals surface area contributed by atoms with Gasteiger partial charge in [0.15, 0.2) is 0 Å². The van der Waals surface area contributed by atoms with Crippen molar-refractivity contribution in [3.05, 3.63) is 58.2 Å². The molecule has 110 valence electrons. The molecule has 0 unspecified atom stereocenters. The Morgan fingerprint density at radius 2 is 2.14 bits per heavy atom. The van der Waals surface area contributed by atoms with Gasteiger partial charge in [-0.2, -0.15) is 0 Å². The van der Waals surface area contributed by atoms with Crippen LogP contribution in [0.2, 0.25) is 5.02 Å². The Kier molecular flexibility index (Phi) is 5.17. The average molecular weight is 304 g/mol. The molecule has 0 aliphatic heterocycles. The highest BCUT2D eigenvalue weighted by Gasteiger charge is 2.11. The normalized spacial score (nSPS) is 10.2. The standard InChI is InChI=1S/C16H18ClN3O/c1-11-4-3-5-12(8-11)6-7-19-16(21)13-9-15(18-2)20-10-14(13)17/h3-5,8-10H,6-7H2,1-2H3,(H,18,20)(H,19,21). The molecular formula is C16H18ClN3O. The number of aryl methyl sites for hydroxylation is 1. The van der Waals surface area contributed by atoms with E-state index in [4.69, 9.17) is 11.6 Å². The third-order valence-electron chi connectivity index (χ3n) is 3.14. The van der Waals surface area contributed by atoms with E-state index in [1.807, 2.05) is 6.07 Å². The lowest BCUT2D eigenvalue weighted by Crippen LogP contribution is -2.26. The van der Waals surface area contributed by atoms with E-state index < -0.39 is 0 Å². The fourth-order valence-corrected chi connectivity index (χ4v) is 2.22. The summed E-state index contributed by atoms with van der Waals surface area (Å²) in [6, 6.07) is 9.89. The summed E-state index contributed by atoms with van der Waals surface area (Å²) in [7, 11) is 1.75. The molecule has 1 heterocycles. The Hall–Kier alpha value is -2.07. The van der Waals surface area contributed by atoms with Crippen LogP contribution in [-0.4, -0.2) is 24.5 Å². The minimum absolute atomic E-state index is 0.188. The number of rotatable bonds is 5. The molecule has 2 N–H and O–H groups in total. The second kappa shape index (κ2) is 7.09. The third-order valence-corrected chi connectivity index (χ3v) is 3.44. The molecule has 0 aliphatic carbocycles. The molecule has 0 radical (unpaired) electrons. The van der Waals surface area contributed by atoms with Gasteiger partial charge in [-0.25, -0.2) is 4.98 Å². The summed E-state index contributed by atoms with van der Waals surface area (Å²) in [6.45, 7) is 2.62. The highest BCUT2D eigenvalue weighted by molar-refractivity contribution is 6.33. The van der Waals surface area contributed by atoms with Crippen molar-refractivity contribution in [2.24, 2.45) is 0 Å². The van der Waals surface area contributed by atoms with E-state index in [0.717, 1.165) is 6.42 Å². The van der Waals surface area contributed by atoms with Crippen molar-refractivity contribution in [3.8, 4) is 0 Å². The third kappa shape index (κ3) is 4.20. The summed E-state index contributed by atoms with van der Waals surface area (Å²) in [4.78, 5) is 16.2. The summed E-state index contributed by atoms with van der Waals surface area (Å²) in [5, 5.41) is 6.12. The van der Waals surface area contributed by atoms with E-state index in [1.165, 1.54) is 17.3 Å². The van der Waals surface area contributed by atoms with E-state index in [1.54, 1.807) is 13.1 Å². The largest absolute Gasteiger partial charge is 0.373 e. The molecule has 0 atom stereocenters. The van der Waals surface area contributed by atoms with Crippen molar-refractivity contribution < 1.29 is 4.79 Å². The first kappa shape index (κ1) is 15.3. The van der Waals surface area contributed by atoms with Gasteiger partial charge in [0.25, 0.3) is 5.91 Å². The molecule has 1 aromatic heterocycles. The number of carbonyl (C=O) groups is 1. The van der Waals surface area contributed by atoms with Crippen LogP contribution in [0.25, 0.3) is 0 Å². The first-order valence-electron chi connectivity index (χ1n) is 6.77. The molecule has 0 bridgehead atoms. The predicted molar refractivity (Wildman–Crippen MR) is 86.0 cm³/mol. The molecule has 0 saturated heterocycles. The number of pyridine rings is 1. The van der Waals surface area contributed by atoms with Gasteiger partial charge in [-0.15, -0.1) is 0 Å². The molecule has 0 spiro atoms. The summed E-state index contributed by atoms with van der Waals surface area (Å²) in [5.74, 6) is 0.426. The fraction of sp³-hybridized carbons (Fsp3) is 0.250. The number of carbonyl (C=O) groups excluding carboxylic acids is 1. The SMILES string of the molecule is CNc1cc(C(=O)NCCc2cccc(C)c2)c(Cl)cn1. The van der Waals surface area contributed by atoms with Crippen LogP contribution in [0.4, 0.5) is 5.82 Å². The van der Waals surface area contributed by atoms with Crippen molar-refractivity contribution in [2.75, 3.05) is 18.9 Å². The van der Waals surface area contributed by atoms with Crippen LogP contribution >= 0.6 is 11.6 Å². The van der Waals surface area contributed by atoms with Crippen molar-refractivity contribution in [2.45, 2.75) is 13.3 Å². The monoisotopic (exact) mass is 303 g/mol. The van der Waals surface area contributed by atoms with E-state index in [2.05, 4.69) is 40.7 Å². The molecule has 5 heteroatoms. The van der Waals surface area contributed by atoms with E-state index in [-0.39, 0.29) is 5.91 Å². The number of benzene rings is 1. The number of hydrogen-bond acceptors (Lipinski definition) is 3. The molecule has 2 aromatic rings. The first-order chi connectivity index (χ1) is 10.1. The lowest BCUT2D eigenvalue weighted by molar-refractivity contribution is 0.0954. The average Bonchev–Trinajstić information content (AvgIpc) is 2.47. The van der Waals surface area contributed by atoms with Gasteiger partial charge in [-0.3, -0.25) is 4.79 Å². The van der Waals surface area contributed by atoms with Crippen molar-refractivity contribution >= 4 is 23.3 Å². The molecule has 2 rings (SSSR count). The molecule has 1 amide bonds. The Bertz CT molecular complexity index is 643. The van der Waals surface area contributed by atoms with Gasteiger partial charge in [-0.1, -0.05) is 41.4 Å². The number of nitrogens with zero attached hydrogens (tertiary/aromatic N) is 1. The zero-order chi connectivity index (χ0) is 15.2. The van der Waals surface area contributed by atoms with Crippen molar-refractivity contribution in [3.63, 3.8) is 0 Å². The van der Waals surface area contributed by atoms with E-state index in [9.17, 15) is 4.79 Å². The molecule has 21 heavy (non-hydrogen) atoms. The fourth-order valence-electron chi connectivity index (χ4n) is 2.03. The van der Waals surface area contributed by atoms with Crippen molar-refractivity contribution in [1.29, 1.82) is 0 Å². The van der Waals surface area contributed by atoms with Gasteiger partial charge in [0, 0.05) is 19.8 Å². The maximum Gasteiger partial charge on any atom is 0.253 e. The number of anilines is 1. The molecule has 0 fully saturated rings. The van der Waals surface area contributed by atoms with Gasteiger partial charge in [0.05, 0.1) is 10.6 Å². The molecular weight excluding hydrogens is 286 g/mol. The number of nitrogens with one attached hydrogen (secondary N) is 2. The van der Waals surface area contributed by atoms with Crippen LogP contribution in [0.5, 0.6) is 0 Å². The van der Waals surface area contributed by atoms with Crippen LogP contribution in [0.15, 0.2) is 36.5 Å². The number of amides is 1. The lowest BCUT2D eigenvalue weighted by Gasteiger charge is -2.08. The van der Waals surface area contributed by atoms with Crippen LogP contribution in [-0.2, 0) is 6.42 Å². The first-order valence-corrected chi connectivity index (χ1v) is 7.15. The van der Waals surface area contributed by atoms with E-state index in [0.29, 0.717) is 22.9 Å². The molecule has 0 aliphatic rings. The maximum absolute atomic E-state index is 12.1. The van der Waals surface area contributed by atoms with Crippen LogP contribution < -0.4 is 10.6 Å².